The average molecular weight is 259 g/mol. The van der Waals surface area contributed by atoms with Crippen LogP contribution in [-0.4, -0.2) is 42.9 Å². The van der Waals surface area contributed by atoms with Crippen molar-refractivity contribution in [2.45, 2.75) is 19.5 Å². The second-order valence-electron chi connectivity index (χ2n) is 2.73. The zero-order valence-corrected chi connectivity index (χ0v) is 9.30. The molecule has 0 atom stereocenters. The molecular formula is C8H16F3N3O3. The van der Waals surface area contributed by atoms with E-state index in [0.29, 0.717) is 19.6 Å². The lowest BCUT2D eigenvalue weighted by atomic mass is 10.4. The largest absolute Gasteiger partial charge is 0.490 e. The van der Waals surface area contributed by atoms with Gasteiger partial charge in [0.1, 0.15) is 0 Å². The molecule has 0 saturated heterocycles. The number of nitrogens with two attached hydrogens (primary N) is 1. The minimum absolute atomic E-state index is 0.115. The summed E-state index contributed by atoms with van der Waals surface area (Å²) in [5.41, 5.74) is 5.22. The van der Waals surface area contributed by atoms with E-state index in [1.807, 2.05) is 6.92 Å². The highest BCUT2D eigenvalue weighted by molar-refractivity contribution is 5.73. The number of halogens is 3. The maximum Gasteiger partial charge on any atom is 0.490 e. The third-order valence-electron chi connectivity index (χ3n) is 1.25. The second-order valence-corrected chi connectivity index (χ2v) is 2.73. The van der Waals surface area contributed by atoms with Gasteiger partial charge in [-0.1, -0.05) is 0 Å². The first-order valence-electron chi connectivity index (χ1n) is 4.77. The number of urea groups is 1. The number of rotatable bonds is 4. The third kappa shape index (κ3) is 14.5. The van der Waals surface area contributed by atoms with Crippen molar-refractivity contribution in [2.75, 3.05) is 19.6 Å². The Morgan fingerprint density at radius 2 is 1.76 bits per heavy atom. The van der Waals surface area contributed by atoms with Crippen LogP contribution in [0, 0.1) is 0 Å². The zero-order chi connectivity index (χ0) is 13.9. The van der Waals surface area contributed by atoms with Crippen LogP contribution in [0.2, 0.25) is 0 Å². The van der Waals surface area contributed by atoms with Gasteiger partial charge in [-0.15, -0.1) is 0 Å². The molecule has 0 aliphatic heterocycles. The quantitative estimate of drug-likeness (QED) is 0.544. The number of carboxylic acid groups (broad SMARTS) is 1. The minimum atomic E-state index is -5.08. The van der Waals surface area contributed by atoms with E-state index in [-0.39, 0.29) is 6.03 Å². The van der Waals surface area contributed by atoms with Crippen molar-refractivity contribution in [1.29, 1.82) is 0 Å². The van der Waals surface area contributed by atoms with Gasteiger partial charge in [-0.2, -0.15) is 13.2 Å². The van der Waals surface area contributed by atoms with Crippen molar-refractivity contribution in [2.24, 2.45) is 5.73 Å². The van der Waals surface area contributed by atoms with Gasteiger partial charge in [0.25, 0.3) is 0 Å². The normalized spacial score (nSPS) is 9.94. The van der Waals surface area contributed by atoms with Crippen molar-refractivity contribution in [1.82, 2.24) is 10.6 Å². The van der Waals surface area contributed by atoms with Crippen molar-refractivity contribution >= 4 is 12.0 Å². The monoisotopic (exact) mass is 259 g/mol. The molecule has 0 aromatic carbocycles. The fourth-order valence-electron chi connectivity index (χ4n) is 0.527. The smallest absolute Gasteiger partial charge is 0.475 e. The van der Waals surface area contributed by atoms with E-state index in [1.54, 1.807) is 0 Å². The number of carbonyl (C=O) groups is 2. The molecule has 0 saturated carbocycles. The Morgan fingerprint density at radius 3 is 2.06 bits per heavy atom. The molecule has 0 spiro atoms. The molecule has 0 unspecified atom stereocenters. The third-order valence-corrected chi connectivity index (χ3v) is 1.25. The molecule has 0 aliphatic carbocycles. The molecule has 102 valence electrons. The molecule has 9 heteroatoms. The van der Waals surface area contributed by atoms with Crippen LogP contribution in [0.5, 0.6) is 0 Å². The first kappa shape index (κ1) is 17.9. The van der Waals surface area contributed by atoms with E-state index in [1.165, 1.54) is 0 Å². The summed E-state index contributed by atoms with van der Waals surface area (Å²) in [5.74, 6) is -2.76. The van der Waals surface area contributed by atoms with Gasteiger partial charge in [0.2, 0.25) is 0 Å². The number of carbonyl (C=O) groups excluding carboxylic acids is 1. The van der Waals surface area contributed by atoms with E-state index in [0.717, 1.165) is 6.42 Å². The average Bonchev–Trinajstić information content (AvgIpc) is 2.18. The molecular weight excluding hydrogens is 243 g/mol. The van der Waals surface area contributed by atoms with Crippen LogP contribution in [0.25, 0.3) is 0 Å². The highest BCUT2D eigenvalue weighted by Crippen LogP contribution is 2.13. The van der Waals surface area contributed by atoms with E-state index >= 15 is 0 Å². The summed E-state index contributed by atoms with van der Waals surface area (Å²) in [6, 6.07) is -0.115. The molecule has 0 aromatic rings. The fourth-order valence-corrected chi connectivity index (χ4v) is 0.527. The lowest BCUT2D eigenvalue weighted by Gasteiger charge is -2.03. The van der Waals surface area contributed by atoms with Gasteiger partial charge in [0, 0.05) is 13.1 Å². The van der Waals surface area contributed by atoms with Gasteiger partial charge in [-0.25, -0.2) is 9.59 Å². The zero-order valence-electron chi connectivity index (χ0n) is 9.30. The highest BCUT2D eigenvalue weighted by Gasteiger charge is 2.38. The number of hydrogen-bond acceptors (Lipinski definition) is 3. The Morgan fingerprint density at radius 1 is 1.29 bits per heavy atom. The summed E-state index contributed by atoms with van der Waals surface area (Å²) in [5, 5.41) is 12.4. The maximum absolute atomic E-state index is 10.7. The van der Waals surface area contributed by atoms with Crippen molar-refractivity contribution in [3.63, 3.8) is 0 Å². The van der Waals surface area contributed by atoms with E-state index in [9.17, 15) is 18.0 Å². The number of amides is 2. The Labute approximate surface area is 96.4 Å². The Hall–Kier alpha value is -1.51. The first-order valence-corrected chi connectivity index (χ1v) is 4.77. The van der Waals surface area contributed by atoms with Crippen molar-refractivity contribution in [3.05, 3.63) is 0 Å². The standard InChI is InChI=1S/C6H15N3O.C2HF3O2/c1-2-8-6(10)9-5-3-4-7;3-2(4,5)1(6)7/h2-5,7H2,1H3,(H2,8,9,10);(H,6,7). The van der Waals surface area contributed by atoms with Crippen molar-refractivity contribution < 1.29 is 27.9 Å². The predicted molar refractivity (Wildman–Crippen MR) is 54.4 cm³/mol. The number of aliphatic carboxylic acids is 1. The van der Waals surface area contributed by atoms with Crippen LogP contribution in [0.3, 0.4) is 0 Å². The molecule has 0 aliphatic rings. The lowest BCUT2D eigenvalue weighted by molar-refractivity contribution is -0.192. The molecule has 17 heavy (non-hydrogen) atoms. The number of carboxylic acids is 1. The molecule has 0 aromatic heterocycles. The van der Waals surface area contributed by atoms with Crippen LogP contribution in [0.15, 0.2) is 0 Å². The van der Waals surface area contributed by atoms with Gasteiger partial charge < -0.3 is 21.5 Å². The molecule has 0 bridgehead atoms. The summed E-state index contributed by atoms with van der Waals surface area (Å²) in [6.45, 7) is 3.81. The predicted octanol–water partition coefficient (Wildman–Crippen LogP) is 0.288. The van der Waals surface area contributed by atoms with Crippen molar-refractivity contribution in [3.8, 4) is 0 Å². The van der Waals surface area contributed by atoms with Gasteiger partial charge in [-0.3, -0.25) is 0 Å². The van der Waals surface area contributed by atoms with Gasteiger partial charge in [0.15, 0.2) is 0 Å². The SMILES string of the molecule is CCNC(=O)NCCCN.O=C(O)C(F)(F)F. The molecule has 0 rings (SSSR count). The van der Waals surface area contributed by atoms with Gasteiger partial charge in [0.05, 0.1) is 0 Å². The van der Waals surface area contributed by atoms with E-state index in [4.69, 9.17) is 15.6 Å². The first-order chi connectivity index (χ1) is 7.75. The molecule has 0 heterocycles. The van der Waals surface area contributed by atoms with E-state index in [2.05, 4.69) is 10.6 Å². The highest BCUT2D eigenvalue weighted by atomic mass is 19.4. The summed E-state index contributed by atoms with van der Waals surface area (Å²) in [6.07, 6.45) is -4.25. The topological polar surface area (TPSA) is 104 Å². The van der Waals surface area contributed by atoms with Gasteiger partial charge in [-0.05, 0) is 19.9 Å². The Bertz CT molecular complexity index is 234. The van der Waals surface area contributed by atoms with E-state index < -0.39 is 12.1 Å². The maximum atomic E-state index is 10.7. The van der Waals surface area contributed by atoms with Crippen LogP contribution < -0.4 is 16.4 Å². The molecule has 5 N–H and O–H groups in total. The minimum Gasteiger partial charge on any atom is -0.475 e. The van der Waals surface area contributed by atoms with Crippen LogP contribution in [0.4, 0.5) is 18.0 Å². The summed E-state index contributed by atoms with van der Waals surface area (Å²) in [4.78, 5) is 19.6. The molecule has 0 radical (unpaired) electrons. The fraction of sp³-hybridized carbons (Fsp3) is 0.750. The molecule has 0 fully saturated rings. The summed E-state index contributed by atoms with van der Waals surface area (Å²) >= 11 is 0. The van der Waals surface area contributed by atoms with Crippen LogP contribution in [0.1, 0.15) is 13.3 Å². The Kier molecular flexibility index (Phi) is 10.2. The lowest BCUT2D eigenvalue weighted by Crippen LogP contribution is -2.36. The number of nitrogens with one attached hydrogen (secondary N) is 2. The van der Waals surface area contributed by atoms with Gasteiger partial charge >= 0.3 is 18.2 Å². The van der Waals surface area contributed by atoms with Crippen LogP contribution >= 0.6 is 0 Å². The number of hydrogen-bond donors (Lipinski definition) is 4. The summed E-state index contributed by atoms with van der Waals surface area (Å²) < 4.78 is 31.7. The Balaban J connectivity index is 0. The van der Waals surface area contributed by atoms with Crippen LogP contribution in [-0.2, 0) is 4.79 Å². The summed E-state index contributed by atoms with van der Waals surface area (Å²) in [7, 11) is 0. The molecule has 6 nitrogen and oxygen atoms in total. The molecule has 2 amide bonds. The number of alkyl halides is 3. The second kappa shape index (κ2) is 9.70.